The molecule has 0 spiro atoms. The first-order valence-electron chi connectivity index (χ1n) is 8.86. The van der Waals surface area contributed by atoms with Gasteiger partial charge in [-0.15, -0.1) is 0 Å². The van der Waals surface area contributed by atoms with Gasteiger partial charge in [-0.3, -0.25) is 9.10 Å². The predicted octanol–water partition coefficient (Wildman–Crippen LogP) is 3.26. The highest BCUT2D eigenvalue weighted by atomic mass is 32.2. The van der Waals surface area contributed by atoms with Crippen LogP contribution in [0.4, 0.5) is 10.1 Å². The molecular formula is C20H25FN2O4S. The minimum absolute atomic E-state index is 0.270. The van der Waals surface area contributed by atoms with Crippen LogP contribution in [0.5, 0.6) is 5.75 Å². The quantitative estimate of drug-likeness (QED) is 0.728. The van der Waals surface area contributed by atoms with Gasteiger partial charge < -0.3 is 10.1 Å². The lowest BCUT2D eigenvalue weighted by Crippen LogP contribution is -2.49. The van der Waals surface area contributed by atoms with E-state index in [4.69, 9.17) is 4.74 Å². The van der Waals surface area contributed by atoms with Crippen LogP contribution >= 0.6 is 0 Å². The number of amides is 1. The second kappa shape index (κ2) is 9.05. The van der Waals surface area contributed by atoms with Gasteiger partial charge in [0.05, 0.1) is 25.1 Å². The van der Waals surface area contributed by atoms with Crippen molar-refractivity contribution >= 4 is 21.6 Å². The maximum absolute atomic E-state index is 13.1. The molecule has 0 aromatic heterocycles. The van der Waals surface area contributed by atoms with Crippen molar-refractivity contribution in [2.75, 3.05) is 17.7 Å². The Morgan fingerprint density at radius 2 is 1.86 bits per heavy atom. The van der Waals surface area contributed by atoms with E-state index in [1.54, 1.807) is 50.2 Å². The number of hydrogen-bond donors (Lipinski definition) is 1. The third kappa shape index (κ3) is 5.22. The van der Waals surface area contributed by atoms with Gasteiger partial charge in [0.15, 0.2) is 0 Å². The van der Waals surface area contributed by atoms with Crippen molar-refractivity contribution in [1.82, 2.24) is 5.32 Å². The first-order valence-corrected chi connectivity index (χ1v) is 10.7. The van der Waals surface area contributed by atoms with Crippen LogP contribution in [-0.4, -0.2) is 33.7 Å². The Morgan fingerprint density at radius 3 is 2.39 bits per heavy atom. The number of rotatable bonds is 8. The van der Waals surface area contributed by atoms with Gasteiger partial charge in [0.2, 0.25) is 15.9 Å². The highest BCUT2D eigenvalue weighted by Crippen LogP contribution is 2.27. The highest BCUT2D eigenvalue weighted by molar-refractivity contribution is 7.92. The van der Waals surface area contributed by atoms with Crippen molar-refractivity contribution in [2.45, 2.75) is 32.4 Å². The Labute approximate surface area is 165 Å². The highest BCUT2D eigenvalue weighted by Gasteiger charge is 2.32. The van der Waals surface area contributed by atoms with Crippen LogP contribution in [0.1, 0.15) is 31.9 Å². The van der Waals surface area contributed by atoms with Crippen LogP contribution in [0.15, 0.2) is 48.5 Å². The van der Waals surface area contributed by atoms with Gasteiger partial charge in [0.1, 0.15) is 17.6 Å². The zero-order valence-corrected chi connectivity index (χ0v) is 17.2. The van der Waals surface area contributed by atoms with E-state index < -0.39 is 28.0 Å². The fourth-order valence-electron chi connectivity index (χ4n) is 2.95. The Hall–Kier alpha value is -2.61. The molecule has 0 radical (unpaired) electrons. The van der Waals surface area contributed by atoms with Gasteiger partial charge in [-0.05, 0) is 43.2 Å². The summed E-state index contributed by atoms with van der Waals surface area (Å²) in [5.41, 5.74) is 1.06. The van der Waals surface area contributed by atoms with E-state index >= 15 is 0 Å². The molecule has 0 unspecified atom stereocenters. The van der Waals surface area contributed by atoms with E-state index in [1.165, 1.54) is 19.2 Å². The summed E-state index contributed by atoms with van der Waals surface area (Å²) in [7, 11) is -2.25. The lowest BCUT2D eigenvalue weighted by molar-refractivity contribution is -0.122. The van der Waals surface area contributed by atoms with Crippen molar-refractivity contribution in [3.05, 3.63) is 59.9 Å². The number of sulfonamides is 1. The number of anilines is 1. The average Bonchev–Trinajstić information content (AvgIpc) is 2.65. The van der Waals surface area contributed by atoms with Crippen LogP contribution in [0.3, 0.4) is 0 Å². The molecule has 1 N–H and O–H groups in total. The number of benzene rings is 2. The Morgan fingerprint density at radius 1 is 1.21 bits per heavy atom. The third-order valence-corrected chi connectivity index (χ3v) is 5.55. The number of halogens is 1. The standard InChI is InChI=1S/C20H25FN2O4S/c1-5-19(20(24)22-14(2)15-9-11-16(21)12-10-15)23(28(4,25)26)17-7-6-8-18(13-17)27-3/h6-14,19H,5H2,1-4H3,(H,22,24)/t14-,19-/m0/s1. The molecule has 0 saturated carbocycles. The molecule has 28 heavy (non-hydrogen) atoms. The number of ether oxygens (including phenoxy) is 1. The van der Waals surface area contributed by atoms with Crippen LogP contribution in [0.2, 0.25) is 0 Å². The first kappa shape index (κ1) is 21.7. The van der Waals surface area contributed by atoms with Crippen LogP contribution in [0, 0.1) is 5.82 Å². The molecule has 152 valence electrons. The number of carbonyl (C=O) groups is 1. The molecule has 0 saturated heterocycles. The molecule has 2 atom stereocenters. The van der Waals surface area contributed by atoms with Crippen LogP contribution < -0.4 is 14.4 Å². The number of hydrogen-bond acceptors (Lipinski definition) is 4. The van der Waals surface area contributed by atoms with Crippen molar-refractivity contribution in [3.63, 3.8) is 0 Å². The average molecular weight is 408 g/mol. The van der Waals surface area contributed by atoms with Gasteiger partial charge in [-0.1, -0.05) is 25.1 Å². The Balaban J connectivity index is 2.32. The van der Waals surface area contributed by atoms with E-state index in [1.807, 2.05) is 0 Å². The molecule has 0 aliphatic carbocycles. The summed E-state index contributed by atoms with van der Waals surface area (Å²) in [6.45, 7) is 3.50. The second-order valence-corrected chi connectivity index (χ2v) is 8.33. The molecule has 0 bridgehead atoms. The van der Waals surface area contributed by atoms with Gasteiger partial charge in [0.25, 0.3) is 0 Å². The molecule has 2 aromatic carbocycles. The summed E-state index contributed by atoms with van der Waals surface area (Å²) in [4.78, 5) is 12.9. The first-order chi connectivity index (χ1) is 13.2. The van der Waals surface area contributed by atoms with Gasteiger partial charge in [0, 0.05) is 6.07 Å². The van der Waals surface area contributed by atoms with Gasteiger partial charge in [-0.2, -0.15) is 0 Å². The van der Waals surface area contributed by atoms with Crippen molar-refractivity contribution in [1.29, 1.82) is 0 Å². The summed E-state index contributed by atoms with van der Waals surface area (Å²) in [5, 5.41) is 2.82. The van der Waals surface area contributed by atoms with Crippen molar-refractivity contribution in [3.8, 4) is 5.75 Å². The molecule has 0 fully saturated rings. The lowest BCUT2D eigenvalue weighted by Gasteiger charge is -2.31. The van der Waals surface area contributed by atoms with Crippen molar-refractivity contribution in [2.24, 2.45) is 0 Å². The maximum Gasteiger partial charge on any atom is 0.244 e. The van der Waals surface area contributed by atoms with Crippen LogP contribution in [0.25, 0.3) is 0 Å². The topological polar surface area (TPSA) is 75.7 Å². The fraction of sp³-hybridized carbons (Fsp3) is 0.350. The number of nitrogens with one attached hydrogen (secondary N) is 1. The summed E-state index contributed by atoms with van der Waals surface area (Å²) in [5.74, 6) is -0.316. The molecule has 0 heterocycles. The van der Waals surface area contributed by atoms with Gasteiger partial charge >= 0.3 is 0 Å². The maximum atomic E-state index is 13.1. The Bertz CT molecular complexity index is 916. The van der Waals surface area contributed by atoms with E-state index in [0.717, 1.165) is 16.1 Å². The molecule has 1 amide bonds. The van der Waals surface area contributed by atoms with Crippen molar-refractivity contribution < 1.29 is 22.3 Å². The lowest BCUT2D eigenvalue weighted by atomic mass is 10.1. The van der Waals surface area contributed by atoms with E-state index in [0.29, 0.717) is 11.4 Å². The molecule has 8 heteroatoms. The molecule has 6 nitrogen and oxygen atoms in total. The summed E-state index contributed by atoms with van der Waals surface area (Å²) >= 11 is 0. The summed E-state index contributed by atoms with van der Waals surface area (Å²) in [6.07, 6.45) is 1.33. The zero-order chi connectivity index (χ0) is 20.9. The molecule has 2 aromatic rings. The number of carbonyl (C=O) groups excluding carboxylic acids is 1. The van der Waals surface area contributed by atoms with Crippen LogP contribution in [-0.2, 0) is 14.8 Å². The fourth-order valence-corrected chi connectivity index (χ4v) is 4.16. The third-order valence-electron chi connectivity index (χ3n) is 4.37. The molecule has 2 rings (SSSR count). The summed E-state index contributed by atoms with van der Waals surface area (Å²) < 4.78 is 44.4. The molecule has 0 aliphatic rings. The molecular weight excluding hydrogens is 383 g/mol. The summed E-state index contributed by atoms with van der Waals surface area (Å²) in [6, 6.07) is 11.0. The van der Waals surface area contributed by atoms with E-state index in [-0.39, 0.29) is 12.2 Å². The predicted molar refractivity (Wildman–Crippen MR) is 107 cm³/mol. The minimum Gasteiger partial charge on any atom is -0.497 e. The molecule has 0 aliphatic heterocycles. The largest absolute Gasteiger partial charge is 0.497 e. The van der Waals surface area contributed by atoms with E-state index in [2.05, 4.69) is 5.32 Å². The monoisotopic (exact) mass is 408 g/mol. The zero-order valence-electron chi connectivity index (χ0n) is 16.3. The number of nitrogens with zero attached hydrogens (tertiary/aromatic N) is 1. The Kier molecular flexibility index (Phi) is 7.01. The van der Waals surface area contributed by atoms with Gasteiger partial charge in [-0.25, -0.2) is 12.8 Å². The normalized spacial score (nSPS) is 13.5. The van der Waals surface area contributed by atoms with E-state index in [9.17, 15) is 17.6 Å². The number of methoxy groups -OCH3 is 1. The SMILES string of the molecule is CC[C@@H](C(=O)N[C@@H](C)c1ccc(F)cc1)N(c1cccc(OC)c1)S(C)(=O)=O. The minimum atomic E-state index is -3.74. The smallest absolute Gasteiger partial charge is 0.244 e. The second-order valence-electron chi connectivity index (χ2n) is 6.47.